The summed E-state index contributed by atoms with van der Waals surface area (Å²) < 4.78 is 39.4. The zero-order chi connectivity index (χ0) is 23.4. The zero-order valence-electron chi connectivity index (χ0n) is 17.1. The van der Waals surface area contributed by atoms with Gasteiger partial charge < -0.3 is 29.7 Å². The van der Waals surface area contributed by atoms with Gasteiger partial charge in [-0.3, -0.25) is 4.52 Å². The summed E-state index contributed by atoms with van der Waals surface area (Å²) in [6.07, 6.45) is 5.80. The molecule has 3 heterocycles. The average molecular weight is 474 g/mol. The van der Waals surface area contributed by atoms with Crippen LogP contribution in [-0.4, -0.2) is 37.7 Å². The van der Waals surface area contributed by atoms with Crippen molar-refractivity contribution in [3.8, 4) is 11.6 Å². The number of pyridine rings is 1. The Labute approximate surface area is 188 Å². The van der Waals surface area contributed by atoms with E-state index in [1.165, 1.54) is 17.0 Å². The number of benzene rings is 1. The third-order valence-electron chi connectivity index (χ3n) is 4.68. The number of halogens is 1. The molecule has 0 radical (unpaired) electrons. The van der Waals surface area contributed by atoms with E-state index in [9.17, 15) is 8.96 Å². The van der Waals surface area contributed by atoms with Gasteiger partial charge >= 0.3 is 7.82 Å². The Morgan fingerprint density at radius 2 is 2.00 bits per heavy atom. The van der Waals surface area contributed by atoms with E-state index in [1.54, 1.807) is 36.6 Å². The van der Waals surface area contributed by atoms with Gasteiger partial charge in [-0.05, 0) is 29.8 Å². The van der Waals surface area contributed by atoms with Crippen LogP contribution in [0.4, 0.5) is 4.39 Å². The van der Waals surface area contributed by atoms with Crippen molar-refractivity contribution < 1.29 is 32.5 Å². The van der Waals surface area contributed by atoms with Crippen molar-refractivity contribution >= 4 is 13.4 Å². The number of hydrogen-bond donors (Lipinski definition) is 3. The molecule has 0 bridgehead atoms. The minimum Gasteiger partial charge on any atom is -0.439 e. The van der Waals surface area contributed by atoms with E-state index in [0.717, 1.165) is 11.8 Å². The molecule has 10 nitrogen and oxygen atoms in total. The van der Waals surface area contributed by atoms with Crippen LogP contribution in [0.5, 0.6) is 11.6 Å². The summed E-state index contributed by atoms with van der Waals surface area (Å²) in [5, 5.41) is 4.08. The molecular weight excluding hydrogens is 454 g/mol. The second-order valence-corrected chi connectivity index (χ2v) is 8.33. The first-order valence-corrected chi connectivity index (χ1v) is 11.2. The van der Waals surface area contributed by atoms with Gasteiger partial charge in [0.05, 0.1) is 11.9 Å². The smallest absolute Gasteiger partial charge is 0.439 e. The fourth-order valence-electron chi connectivity index (χ4n) is 3.08. The van der Waals surface area contributed by atoms with E-state index in [2.05, 4.69) is 14.7 Å². The maximum atomic E-state index is 12.9. The number of hydrogen-bond acceptors (Lipinski definition) is 8. The van der Waals surface area contributed by atoms with Crippen molar-refractivity contribution in [1.82, 2.24) is 15.0 Å². The van der Waals surface area contributed by atoms with Crippen molar-refractivity contribution in [2.24, 2.45) is 5.73 Å². The maximum Gasteiger partial charge on any atom is 0.471 e. The van der Waals surface area contributed by atoms with Crippen molar-refractivity contribution in [3.63, 3.8) is 0 Å². The molecule has 0 spiro atoms. The number of rotatable bonds is 8. The Kier molecular flexibility index (Phi) is 6.68. The van der Waals surface area contributed by atoms with Gasteiger partial charge in [-0.15, -0.1) is 0 Å². The standard InChI is InChI=1S/C21H20FN4O6P/c22-15-5-8-20(24-12-15)31-17-6-3-14(4-7-17)10-16-11-19(32-25-16)18-2-1-9-26(21(18)23)13-30-33(27,28)29/h1-9,11-12,21H,10,13,23H2,(H2,27,28,29). The van der Waals surface area contributed by atoms with Crippen LogP contribution in [-0.2, 0) is 15.5 Å². The van der Waals surface area contributed by atoms with E-state index in [0.29, 0.717) is 29.2 Å². The summed E-state index contributed by atoms with van der Waals surface area (Å²) in [5.74, 6) is 0.844. The van der Waals surface area contributed by atoms with Gasteiger partial charge in [0.25, 0.3) is 0 Å². The van der Waals surface area contributed by atoms with Gasteiger partial charge in [0.15, 0.2) is 5.76 Å². The van der Waals surface area contributed by atoms with Crippen molar-refractivity contribution in [3.05, 3.63) is 89.8 Å². The fourth-order valence-corrected chi connectivity index (χ4v) is 3.36. The highest BCUT2D eigenvalue weighted by atomic mass is 31.2. The van der Waals surface area contributed by atoms with Crippen LogP contribution in [0.2, 0.25) is 0 Å². The SMILES string of the molecule is NC1C(c2cc(Cc3ccc(Oc4ccc(F)cn4)cc3)no2)=CC=CN1COP(=O)(O)O. The predicted octanol–water partition coefficient (Wildman–Crippen LogP) is 3.16. The molecular formula is C21H20FN4O6P. The number of aromatic nitrogens is 2. The minimum absolute atomic E-state index is 0.289. The lowest BCUT2D eigenvalue weighted by atomic mass is 10.1. The Morgan fingerprint density at radius 3 is 2.70 bits per heavy atom. The van der Waals surface area contributed by atoms with Gasteiger partial charge in [0.1, 0.15) is 24.5 Å². The first-order chi connectivity index (χ1) is 15.8. The first-order valence-electron chi connectivity index (χ1n) is 9.71. The quantitative estimate of drug-likeness (QED) is 0.416. The predicted molar refractivity (Wildman–Crippen MR) is 115 cm³/mol. The number of allylic oxidation sites excluding steroid dienone is 2. The highest BCUT2D eigenvalue weighted by Crippen LogP contribution is 2.36. The van der Waals surface area contributed by atoms with Gasteiger partial charge in [0.2, 0.25) is 5.88 Å². The first kappa shape index (κ1) is 22.8. The number of nitrogens with zero attached hydrogens (tertiary/aromatic N) is 3. The highest BCUT2D eigenvalue weighted by molar-refractivity contribution is 7.46. The third-order valence-corrected chi connectivity index (χ3v) is 5.13. The molecule has 0 saturated carbocycles. The van der Waals surface area contributed by atoms with Crippen LogP contribution < -0.4 is 10.5 Å². The lowest BCUT2D eigenvalue weighted by molar-refractivity contribution is 0.110. The summed E-state index contributed by atoms with van der Waals surface area (Å²) in [6, 6.07) is 11.7. The van der Waals surface area contributed by atoms with Crippen LogP contribution in [0, 0.1) is 5.82 Å². The summed E-state index contributed by atoms with van der Waals surface area (Å²) in [6.45, 7) is -0.387. The van der Waals surface area contributed by atoms with Crippen LogP contribution in [0.1, 0.15) is 17.0 Å². The number of phosphoric ester groups is 1. The largest absolute Gasteiger partial charge is 0.471 e. The molecule has 1 aliphatic heterocycles. The van der Waals surface area contributed by atoms with Gasteiger partial charge in [-0.2, -0.15) is 0 Å². The normalized spacial score (nSPS) is 16.1. The summed E-state index contributed by atoms with van der Waals surface area (Å²) in [7, 11) is -4.62. The fraction of sp³-hybridized carbons (Fsp3) is 0.143. The monoisotopic (exact) mass is 474 g/mol. The Bertz CT molecular complexity index is 1210. The molecule has 0 aliphatic carbocycles. The zero-order valence-corrected chi connectivity index (χ0v) is 18.0. The summed E-state index contributed by atoms with van der Waals surface area (Å²) in [4.78, 5) is 23.1. The van der Waals surface area contributed by atoms with Crippen molar-refractivity contribution in [2.45, 2.75) is 12.6 Å². The van der Waals surface area contributed by atoms with Crippen LogP contribution in [0.25, 0.3) is 5.57 Å². The van der Waals surface area contributed by atoms with E-state index in [4.69, 9.17) is 24.8 Å². The molecule has 1 aliphatic rings. The highest BCUT2D eigenvalue weighted by Gasteiger charge is 2.25. The molecule has 3 aromatic rings. The topological polar surface area (TPSA) is 144 Å². The molecule has 1 unspecified atom stereocenters. The minimum atomic E-state index is -4.62. The molecule has 1 atom stereocenters. The molecule has 0 saturated heterocycles. The van der Waals surface area contributed by atoms with Crippen molar-refractivity contribution in [1.29, 1.82) is 0 Å². The molecule has 4 rings (SSSR count). The van der Waals surface area contributed by atoms with Gasteiger partial charge in [-0.25, -0.2) is 13.9 Å². The molecule has 0 amide bonds. The van der Waals surface area contributed by atoms with Crippen LogP contribution in [0.15, 0.2) is 71.5 Å². The Morgan fingerprint density at radius 1 is 1.21 bits per heavy atom. The maximum absolute atomic E-state index is 12.9. The summed E-state index contributed by atoms with van der Waals surface area (Å²) in [5.41, 5.74) is 8.38. The molecule has 2 aromatic heterocycles. The molecule has 33 heavy (non-hydrogen) atoms. The third kappa shape index (κ3) is 6.13. The number of ether oxygens (including phenoxy) is 1. The number of nitrogens with two attached hydrogens (primary N) is 1. The Balaban J connectivity index is 1.38. The van der Waals surface area contributed by atoms with Crippen molar-refractivity contribution in [2.75, 3.05) is 6.73 Å². The number of phosphoric acid groups is 1. The summed E-state index contributed by atoms with van der Waals surface area (Å²) >= 11 is 0. The lowest BCUT2D eigenvalue weighted by Crippen LogP contribution is -2.41. The second-order valence-electron chi connectivity index (χ2n) is 7.09. The molecule has 4 N–H and O–H groups in total. The molecule has 12 heteroatoms. The van der Waals surface area contributed by atoms with E-state index in [-0.39, 0.29) is 12.6 Å². The van der Waals surface area contributed by atoms with Gasteiger partial charge in [-0.1, -0.05) is 23.4 Å². The van der Waals surface area contributed by atoms with Crippen LogP contribution in [0.3, 0.4) is 0 Å². The van der Waals surface area contributed by atoms with E-state index in [1.807, 2.05) is 12.1 Å². The lowest BCUT2D eigenvalue weighted by Gasteiger charge is -2.30. The van der Waals surface area contributed by atoms with E-state index >= 15 is 0 Å². The van der Waals surface area contributed by atoms with Gasteiger partial charge in [0, 0.05) is 30.3 Å². The van der Waals surface area contributed by atoms with Crippen LogP contribution >= 0.6 is 7.82 Å². The van der Waals surface area contributed by atoms with E-state index < -0.39 is 19.8 Å². The second kappa shape index (κ2) is 9.65. The molecule has 1 aromatic carbocycles. The molecule has 172 valence electrons. The molecule has 0 fully saturated rings. The Hall–Kier alpha value is -3.34. The average Bonchev–Trinajstić information content (AvgIpc) is 3.23.